The van der Waals surface area contributed by atoms with Crippen LogP contribution in [0, 0.1) is 6.92 Å². The van der Waals surface area contributed by atoms with Gasteiger partial charge in [-0.3, -0.25) is 4.79 Å². The number of para-hydroxylation sites is 1. The fourth-order valence-corrected chi connectivity index (χ4v) is 4.16. The normalized spacial score (nSPS) is 23.5. The molecule has 1 spiro atoms. The maximum absolute atomic E-state index is 13.2. The van der Waals surface area contributed by atoms with Gasteiger partial charge in [0.25, 0.3) is 0 Å². The number of hydrogen-bond donors (Lipinski definition) is 0. The lowest BCUT2D eigenvalue weighted by Gasteiger charge is -2.31. The number of carbonyl (C=O) groups excluding carboxylic acids is 2. The van der Waals surface area contributed by atoms with Gasteiger partial charge in [-0.25, -0.2) is 4.79 Å². The molecule has 4 nitrogen and oxygen atoms in total. The van der Waals surface area contributed by atoms with Crippen molar-refractivity contribution in [3.05, 3.63) is 76.9 Å². The number of esters is 2. The molecule has 0 radical (unpaired) electrons. The lowest BCUT2D eigenvalue weighted by molar-refractivity contribution is -0.144. The molecule has 1 aliphatic carbocycles. The minimum Gasteiger partial charge on any atom is -0.463 e. The molecule has 2 aromatic rings. The third-order valence-corrected chi connectivity index (χ3v) is 5.32. The van der Waals surface area contributed by atoms with E-state index in [9.17, 15) is 9.59 Å². The summed E-state index contributed by atoms with van der Waals surface area (Å²) in [5.74, 6) is -0.526. The predicted octanol–water partition coefficient (Wildman–Crippen LogP) is 3.83. The summed E-state index contributed by atoms with van der Waals surface area (Å²) in [7, 11) is 0. The van der Waals surface area contributed by atoms with E-state index in [1.807, 2.05) is 55.5 Å². The first kappa shape index (κ1) is 16.6. The van der Waals surface area contributed by atoms with Crippen molar-refractivity contribution in [2.24, 2.45) is 0 Å². The van der Waals surface area contributed by atoms with E-state index in [4.69, 9.17) is 9.47 Å². The molecule has 0 aromatic heterocycles. The zero-order valence-electron chi connectivity index (χ0n) is 14.8. The van der Waals surface area contributed by atoms with Crippen molar-refractivity contribution in [3.63, 3.8) is 0 Å². The molecule has 132 valence electrons. The van der Waals surface area contributed by atoms with Gasteiger partial charge < -0.3 is 9.47 Å². The van der Waals surface area contributed by atoms with Gasteiger partial charge in [0, 0.05) is 11.5 Å². The second kappa shape index (κ2) is 6.13. The Balaban J connectivity index is 1.91. The van der Waals surface area contributed by atoms with E-state index in [1.165, 1.54) is 0 Å². The first-order chi connectivity index (χ1) is 12.6. The number of ether oxygens (including phenoxy) is 2. The lowest BCUT2D eigenvalue weighted by Crippen LogP contribution is -2.41. The molecule has 1 heterocycles. The number of allylic oxidation sites excluding steroid dienone is 1. The molecule has 0 amide bonds. The maximum atomic E-state index is 13.2. The minimum absolute atomic E-state index is 0.196. The van der Waals surface area contributed by atoms with E-state index >= 15 is 0 Å². The summed E-state index contributed by atoms with van der Waals surface area (Å²) >= 11 is 0. The van der Waals surface area contributed by atoms with E-state index in [0.29, 0.717) is 17.7 Å². The summed E-state index contributed by atoms with van der Waals surface area (Å²) < 4.78 is 10.9. The fourth-order valence-electron chi connectivity index (χ4n) is 4.16. The topological polar surface area (TPSA) is 52.6 Å². The molecule has 2 aliphatic rings. The Morgan fingerprint density at radius 2 is 1.92 bits per heavy atom. The monoisotopic (exact) mass is 348 g/mol. The van der Waals surface area contributed by atoms with Gasteiger partial charge in [0.15, 0.2) is 0 Å². The molecule has 0 unspecified atom stereocenters. The van der Waals surface area contributed by atoms with Crippen LogP contribution in [0.4, 0.5) is 0 Å². The van der Waals surface area contributed by atoms with Crippen molar-refractivity contribution in [1.82, 2.24) is 0 Å². The number of aryl methyl sites for hydroxylation is 1. The van der Waals surface area contributed by atoms with E-state index < -0.39 is 17.4 Å². The van der Waals surface area contributed by atoms with Crippen LogP contribution in [0.2, 0.25) is 0 Å². The first-order valence-electron chi connectivity index (χ1n) is 8.85. The molecular weight excluding hydrogens is 328 g/mol. The zero-order chi connectivity index (χ0) is 18.3. The van der Waals surface area contributed by atoms with Crippen LogP contribution in [0.1, 0.15) is 36.0 Å². The molecule has 0 bridgehead atoms. The predicted molar refractivity (Wildman–Crippen MR) is 97.0 cm³/mol. The number of fused-ring (bicyclic) bond motifs is 2. The Bertz CT molecular complexity index is 910. The summed E-state index contributed by atoms with van der Waals surface area (Å²) in [5, 5.41) is 0. The van der Waals surface area contributed by atoms with Gasteiger partial charge in [-0.2, -0.15) is 0 Å². The van der Waals surface area contributed by atoms with Gasteiger partial charge in [0.1, 0.15) is 11.2 Å². The highest BCUT2D eigenvalue weighted by atomic mass is 16.5. The molecule has 4 rings (SSSR count). The molecule has 0 fully saturated rings. The van der Waals surface area contributed by atoms with Gasteiger partial charge in [-0.15, -0.1) is 0 Å². The van der Waals surface area contributed by atoms with Crippen molar-refractivity contribution >= 4 is 11.9 Å². The van der Waals surface area contributed by atoms with Crippen LogP contribution in [0.15, 0.2) is 60.2 Å². The van der Waals surface area contributed by atoms with Crippen LogP contribution >= 0.6 is 0 Å². The number of rotatable bonds is 3. The number of carbonyl (C=O) groups is 2. The highest BCUT2D eigenvalue weighted by Gasteiger charge is 2.61. The second-order valence-electron chi connectivity index (χ2n) is 6.73. The summed E-state index contributed by atoms with van der Waals surface area (Å²) in [6, 6.07) is 15.4. The SMILES string of the molecule is CCOC(=O)C1=CC[C@H](c2ccc(C)cc2)[C@@]12C(=O)Oc1ccccc12. The maximum Gasteiger partial charge on any atom is 0.335 e. The Kier molecular flexibility index (Phi) is 3.91. The highest BCUT2D eigenvalue weighted by Crippen LogP contribution is 2.57. The Morgan fingerprint density at radius 3 is 2.65 bits per heavy atom. The van der Waals surface area contributed by atoms with Gasteiger partial charge in [0.05, 0.1) is 12.2 Å². The van der Waals surface area contributed by atoms with Crippen LogP contribution in [-0.2, 0) is 19.7 Å². The molecule has 0 N–H and O–H groups in total. The third kappa shape index (κ3) is 2.22. The molecular formula is C22H20O4. The van der Waals surface area contributed by atoms with E-state index in [0.717, 1.165) is 16.7 Å². The van der Waals surface area contributed by atoms with Crippen LogP contribution < -0.4 is 4.74 Å². The molecule has 2 aromatic carbocycles. The molecule has 1 aliphatic heterocycles. The minimum atomic E-state index is -1.14. The summed E-state index contributed by atoms with van der Waals surface area (Å²) in [6.45, 7) is 4.05. The van der Waals surface area contributed by atoms with Gasteiger partial charge in [-0.05, 0) is 31.9 Å². The van der Waals surface area contributed by atoms with Crippen LogP contribution in [0.25, 0.3) is 0 Å². The lowest BCUT2D eigenvalue weighted by atomic mass is 9.67. The largest absolute Gasteiger partial charge is 0.463 e. The fraction of sp³-hybridized carbons (Fsp3) is 0.273. The Labute approximate surface area is 152 Å². The zero-order valence-corrected chi connectivity index (χ0v) is 14.8. The van der Waals surface area contributed by atoms with Crippen LogP contribution in [-0.4, -0.2) is 18.5 Å². The van der Waals surface area contributed by atoms with Crippen molar-refractivity contribution in [2.45, 2.75) is 31.6 Å². The summed E-state index contributed by atoms with van der Waals surface area (Å²) in [4.78, 5) is 25.8. The van der Waals surface area contributed by atoms with Crippen LogP contribution in [0.5, 0.6) is 5.75 Å². The summed E-state index contributed by atoms with van der Waals surface area (Å²) in [5.41, 5.74) is 2.15. The average molecular weight is 348 g/mol. The number of hydrogen-bond acceptors (Lipinski definition) is 4. The van der Waals surface area contributed by atoms with Crippen molar-refractivity contribution < 1.29 is 19.1 Å². The molecule has 0 saturated carbocycles. The molecule has 4 heteroatoms. The van der Waals surface area contributed by atoms with Gasteiger partial charge >= 0.3 is 11.9 Å². The Morgan fingerprint density at radius 1 is 1.19 bits per heavy atom. The number of benzene rings is 2. The standard InChI is InChI=1S/C22H20O4/c1-3-25-20(23)18-13-12-16(15-10-8-14(2)9-11-15)22(18)17-6-4-5-7-19(17)26-21(22)24/h4-11,13,16H,3,12H2,1-2H3/t16-,22+/m1/s1. The van der Waals surface area contributed by atoms with Crippen molar-refractivity contribution in [1.29, 1.82) is 0 Å². The van der Waals surface area contributed by atoms with Crippen LogP contribution in [0.3, 0.4) is 0 Å². The van der Waals surface area contributed by atoms with Gasteiger partial charge in [-0.1, -0.05) is 54.1 Å². The molecule has 26 heavy (non-hydrogen) atoms. The first-order valence-corrected chi connectivity index (χ1v) is 8.85. The van der Waals surface area contributed by atoms with E-state index in [2.05, 4.69) is 0 Å². The smallest absolute Gasteiger partial charge is 0.335 e. The highest BCUT2D eigenvalue weighted by molar-refractivity contribution is 6.07. The molecule has 2 atom stereocenters. The third-order valence-electron chi connectivity index (χ3n) is 5.32. The summed E-state index contributed by atoms with van der Waals surface area (Å²) in [6.07, 6.45) is 2.42. The average Bonchev–Trinajstić information content (AvgIpc) is 3.17. The van der Waals surface area contributed by atoms with E-state index in [-0.39, 0.29) is 12.5 Å². The Hall–Kier alpha value is -2.88. The molecule has 0 saturated heterocycles. The van der Waals surface area contributed by atoms with Crippen molar-refractivity contribution in [3.8, 4) is 5.75 Å². The van der Waals surface area contributed by atoms with Gasteiger partial charge in [0.2, 0.25) is 0 Å². The van der Waals surface area contributed by atoms with E-state index in [1.54, 1.807) is 13.0 Å². The quantitative estimate of drug-likeness (QED) is 0.625. The second-order valence-corrected chi connectivity index (χ2v) is 6.73. The van der Waals surface area contributed by atoms with Crippen molar-refractivity contribution in [2.75, 3.05) is 6.61 Å².